The summed E-state index contributed by atoms with van der Waals surface area (Å²) in [6, 6.07) is 29.1. The van der Waals surface area contributed by atoms with E-state index in [4.69, 9.17) is 4.74 Å². The summed E-state index contributed by atoms with van der Waals surface area (Å²) in [5.41, 5.74) is 8.86. The van der Waals surface area contributed by atoms with Crippen molar-refractivity contribution < 1.29 is 13.2 Å². The first-order chi connectivity index (χ1) is 18.8. The van der Waals surface area contributed by atoms with Crippen molar-refractivity contribution in [2.45, 2.75) is 52.2 Å². The fraction of sp³-hybridized carbons (Fsp3) is 0.212. The highest BCUT2D eigenvalue weighted by molar-refractivity contribution is 7.90. The first kappa shape index (κ1) is 26.7. The summed E-state index contributed by atoms with van der Waals surface area (Å²) < 4.78 is 35.3. The normalized spacial score (nSPS) is 11.7. The van der Waals surface area contributed by atoms with Gasteiger partial charge >= 0.3 is 0 Å². The number of hydrogen-bond donors (Lipinski definition) is 1. The van der Waals surface area contributed by atoms with E-state index in [0.29, 0.717) is 17.8 Å². The van der Waals surface area contributed by atoms with Gasteiger partial charge in [0, 0.05) is 22.3 Å². The third kappa shape index (κ3) is 5.49. The summed E-state index contributed by atoms with van der Waals surface area (Å²) in [5, 5.41) is 4.43. The van der Waals surface area contributed by atoms with Crippen molar-refractivity contribution in [1.29, 1.82) is 0 Å². The van der Waals surface area contributed by atoms with Crippen LogP contribution in [0.2, 0.25) is 0 Å². The topological polar surface area (TPSA) is 60.3 Å². The smallest absolute Gasteiger partial charge is 0.268 e. The highest BCUT2D eigenvalue weighted by Crippen LogP contribution is 2.29. The van der Waals surface area contributed by atoms with Gasteiger partial charge in [0.25, 0.3) is 10.0 Å². The molecule has 0 spiro atoms. The number of para-hydroxylation sites is 1. The number of fused-ring (bicyclic) bond motifs is 1. The molecule has 0 aliphatic carbocycles. The van der Waals surface area contributed by atoms with Crippen LogP contribution in [-0.4, -0.2) is 12.4 Å². The number of benzene rings is 4. The maximum absolute atomic E-state index is 13.8. The predicted molar refractivity (Wildman–Crippen MR) is 159 cm³/mol. The zero-order valence-electron chi connectivity index (χ0n) is 22.9. The van der Waals surface area contributed by atoms with Crippen molar-refractivity contribution in [3.05, 3.63) is 125 Å². The number of anilines is 2. The summed E-state index contributed by atoms with van der Waals surface area (Å²) in [7, 11) is -3.82. The lowest BCUT2D eigenvalue weighted by atomic mass is 10.1. The van der Waals surface area contributed by atoms with Crippen molar-refractivity contribution in [2.75, 3.05) is 5.32 Å². The van der Waals surface area contributed by atoms with Crippen LogP contribution in [0.1, 0.15) is 40.4 Å². The lowest BCUT2D eigenvalue weighted by Crippen LogP contribution is -2.16. The molecule has 0 saturated carbocycles. The summed E-state index contributed by atoms with van der Waals surface area (Å²) in [5.74, 6) is 0. The van der Waals surface area contributed by atoms with Crippen molar-refractivity contribution in [3.63, 3.8) is 0 Å². The summed E-state index contributed by atoms with van der Waals surface area (Å²) >= 11 is 0. The molecule has 5 aromatic rings. The Labute approximate surface area is 231 Å². The van der Waals surface area contributed by atoms with E-state index in [2.05, 4.69) is 44.3 Å². The first-order valence-corrected chi connectivity index (χ1v) is 14.7. The molecule has 1 aromatic heterocycles. The van der Waals surface area contributed by atoms with Gasteiger partial charge in [-0.25, -0.2) is 12.4 Å². The fourth-order valence-electron chi connectivity index (χ4n) is 4.78. The van der Waals surface area contributed by atoms with Gasteiger partial charge in [-0.2, -0.15) is 0 Å². The van der Waals surface area contributed by atoms with Crippen LogP contribution in [0.25, 0.3) is 10.9 Å². The Morgan fingerprint density at radius 2 is 1.54 bits per heavy atom. The van der Waals surface area contributed by atoms with E-state index in [0.717, 1.165) is 39.9 Å². The fourth-order valence-corrected chi connectivity index (χ4v) is 6.31. The second-order valence-electron chi connectivity index (χ2n) is 9.99. The Balaban J connectivity index is 1.45. The average molecular weight is 539 g/mol. The molecule has 1 N–H and O–H groups in total. The number of aromatic nitrogens is 1. The number of nitrogens with one attached hydrogen (secondary N) is 1. The van der Waals surface area contributed by atoms with Gasteiger partial charge < -0.3 is 10.1 Å². The molecule has 0 saturated heterocycles. The molecule has 200 valence electrons. The van der Waals surface area contributed by atoms with E-state index in [1.807, 2.05) is 67.6 Å². The van der Waals surface area contributed by atoms with E-state index < -0.39 is 10.0 Å². The van der Waals surface area contributed by atoms with Gasteiger partial charge in [-0.3, -0.25) is 0 Å². The van der Waals surface area contributed by atoms with Crippen molar-refractivity contribution in [1.82, 2.24) is 3.97 Å². The monoisotopic (exact) mass is 538 g/mol. The molecule has 0 atom stereocenters. The third-order valence-electron chi connectivity index (χ3n) is 7.26. The Hall–Kier alpha value is -3.87. The minimum atomic E-state index is -3.82. The molecule has 0 fully saturated rings. The first-order valence-electron chi connectivity index (χ1n) is 13.2. The summed E-state index contributed by atoms with van der Waals surface area (Å²) in [6.45, 7) is 8.73. The Morgan fingerprint density at radius 1 is 0.795 bits per heavy atom. The quantitative estimate of drug-likeness (QED) is 0.208. The van der Waals surface area contributed by atoms with Gasteiger partial charge in [0.15, 0.2) is 0 Å². The lowest BCUT2D eigenvalue weighted by Gasteiger charge is -2.16. The van der Waals surface area contributed by atoms with E-state index in [9.17, 15) is 8.42 Å². The van der Waals surface area contributed by atoms with Crippen LogP contribution in [-0.2, 0) is 34.4 Å². The summed E-state index contributed by atoms with van der Waals surface area (Å²) in [6.07, 6.45) is 0.877. The Bertz CT molecular complexity index is 1740. The van der Waals surface area contributed by atoms with Gasteiger partial charge in [-0.1, -0.05) is 61.0 Å². The standard InChI is InChI=1S/C33H34N2O3S/c1-5-26-15-18-33-28(19-26)20-29(35(33)39(36,37)30-16-13-23(2)14-17-30)22-38-21-27-10-6-7-11-32(27)34-31-12-8-9-24(3)25(31)4/h6-20,34H,5,21-22H2,1-4H3. The van der Waals surface area contributed by atoms with Gasteiger partial charge in [0.05, 0.1) is 29.3 Å². The second-order valence-corrected chi connectivity index (χ2v) is 11.8. The molecular formula is C33H34N2O3S. The molecule has 0 unspecified atom stereocenters. The number of ether oxygens (including phenoxy) is 1. The van der Waals surface area contributed by atoms with E-state index >= 15 is 0 Å². The van der Waals surface area contributed by atoms with Crippen molar-refractivity contribution in [3.8, 4) is 0 Å². The predicted octanol–water partition coefficient (Wildman–Crippen LogP) is 7.83. The SMILES string of the molecule is CCc1ccc2c(c1)cc(COCc1ccccc1Nc1cccc(C)c1C)n2S(=O)(=O)c1ccc(C)cc1. The zero-order chi connectivity index (χ0) is 27.6. The minimum absolute atomic E-state index is 0.152. The highest BCUT2D eigenvalue weighted by atomic mass is 32.2. The average Bonchev–Trinajstić information content (AvgIpc) is 3.30. The van der Waals surface area contributed by atoms with E-state index in [1.54, 1.807) is 12.1 Å². The molecular weight excluding hydrogens is 504 g/mol. The molecule has 0 bridgehead atoms. The van der Waals surface area contributed by atoms with Gasteiger partial charge in [-0.15, -0.1) is 0 Å². The van der Waals surface area contributed by atoms with E-state index in [1.165, 1.54) is 15.1 Å². The molecule has 1 heterocycles. The van der Waals surface area contributed by atoms with Crippen LogP contribution in [0.5, 0.6) is 0 Å². The Morgan fingerprint density at radius 3 is 2.31 bits per heavy atom. The molecule has 39 heavy (non-hydrogen) atoms. The number of hydrogen-bond acceptors (Lipinski definition) is 4. The largest absolute Gasteiger partial charge is 0.370 e. The number of rotatable bonds is 9. The Kier molecular flexibility index (Phi) is 7.60. The zero-order valence-corrected chi connectivity index (χ0v) is 23.7. The molecule has 4 aromatic carbocycles. The number of aryl methyl sites for hydroxylation is 3. The molecule has 5 rings (SSSR count). The van der Waals surface area contributed by atoms with Crippen LogP contribution in [0.3, 0.4) is 0 Å². The van der Waals surface area contributed by atoms with E-state index in [-0.39, 0.29) is 11.5 Å². The van der Waals surface area contributed by atoms with Gasteiger partial charge in [0.1, 0.15) is 0 Å². The maximum Gasteiger partial charge on any atom is 0.268 e. The van der Waals surface area contributed by atoms with Crippen LogP contribution >= 0.6 is 0 Å². The molecule has 5 nitrogen and oxygen atoms in total. The highest BCUT2D eigenvalue weighted by Gasteiger charge is 2.23. The molecule has 6 heteroatoms. The maximum atomic E-state index is 13.8. The van der Waals surface area contributed by atoms with Crippen molar-refractivity contribution in [2.24, 2.45) is 0 Å². The summed E-state index contributed by atoms with van der Waals surface area (Å²) in [4.78, 5) is 0.259. The minimum Gasteiger partial charge on any atom is -0.370 e. The molecule has 0 aliphatic rings. The lowest BCUT2D eigenvalue weighted by molar-refractivity contribution is 0.105. The van der Waals surface area contributed by atoms with Gasteiger partial charge in [-0.05, 0) is 86.3 Å². The molecule has 0 aliphatic heterocycles. The van der Waals surface area contributed by atoms with Crippen LogP contribution in [0.15, 0.2) is 95.9 Å². The molecule has 0 radical (unpaired) electrons. The molecule has 0 amide bonds. The van der Waals surface area contributed by atoms with Gasteiger partial charge in [0.2, 0.25) is 0 Å². The number of nitrogens with zero attached hydrogens (tertiary/aromatic N) is 1. The third-order valence-corrected chi connectivity index (χ3v) is 9.04. The van der Waals surface area contributed by atoms with Crippen LogP contribution < -0.4 is 5.32 Å². The second kappa shape index (κ2) is 11.1. The van der Waals surface area contributed by atoms with Crippen molar-refractivity contribution >= 4 is 32.3 Å². The van der Waals surface area contributed by atoms with Crippen LogP contribution in [0.4, 0.5) is 11.4 Å². The van der Waals surface area contributed by atoms with Crippen LogP contribution in [0, 0.1) is 20.8 Å².